The third-order valence-electron chi connectivity index (χ3n) is 11.9. The first-order valence-corrected chi connectivity index (χ1v) is 19.4. The molecule has 4 N–H and O–H groups in total. The molecule has 2 aromatic heterocycles. The highest BCUT2D eigenvalue weighted by molar-refractivity contribution is 5.91. The number of carbonyl (C=O) groups excluding carboxylic acids is 4. The number of hydrogen-bond acceptors (Lipinski definition) is 10. The molecule has 5 aromatic rings. The third kappa shape index (κ3) is 7.24. The maximum Gasteiger partial charge on any atom is 0.407 e. The van der Waals surface area contributed by atoms with Crippen molar-refractivity contribution in [2.45, 2.75) is 43.6 Å². The number of alkyl carbamates (subject to hydrolysis) is 2. The van der Waals surface area contributed by atoms with Crippen molar-refractivity contribution >= 4 is 34.8 Å². The summed E-state index contributed by atoms with van der Waals surface area (Å²) in [4.78, 5) is 69.3. The van der Waals surface area contributed by atoms with Crippen molar-refractivity contribution < 1.29 is 38.1 Å². The number of rotatable bonds is 9. The Morgan fingerprint density at radius 3 is 1.78 bits per heavy atom. The van der Waals surface area contributed by atoms with Gasteiger partial charge in [0.05, 0.1) is 69.8 Å². The highest BCUT2D eigenvalue weighted by Crippen LogP contribution is 2.58. The first kappa shape index (κ1) is 37.3. The van der Waals surface area contributed by atoms with E-state index in [4.69, 9.17) is 14.5 Å². The zero-order valence-electron chi connectivity index (χ0n) is 32.2. The Kier molecular flexibility index (Phi) is 9.60. The highest BCUT2D eigenvalue weighted by Gasteiger charge is 2.54. The Balaban J connectivity index is 0.882. The molecule has 2 unspecified atom stereocenters. The lowest BCUT2D eigenvalue weighted by Crippen LogP contribution is -2.42. The van der Waals surface area contributed by atoms with Gasteiger partial charge in [-0.15, -0.1) is 0 Å². The van der Waals surface area contributed by atoms with E-state index in [1.807, 2.05) is 23.2 Å². The third-order valence-corrected chi connectivity index (χ3v) is 11.9. The summed E-state index contributed by atoms with van der Waals surface area (Å²) < 4.78 is 21.1. The van der Waals surface area contributed by atoms with Gasteiger partial charge in [-0.2, -0.15) is 0 Å². The molecule has 2 spiro atoms. The van der Waals surface area contributed by atoms with E-state index < -0.39 is 24.0 Å². The molecular formula is C42H44N8O8. The lowest BCUT2D eigenvalue weighted by Gasteiger charge is -2.23. The summed E-state index contributed by atoms with van der Waals surface area (Å²) >= 11 is 0. The number of aromatic amines is 2. The predicted molar refractivity (Wildman–Crippen MR) is 210 cm³/mol. The normalized spacial score (nSPS) is 20.2. The van der Waals surface area contributed by atoms with Crippen LogP contribution in [0.5, 0.6) is 0 Å². The minimum absolute atomic E-state index is 0.118. The first-order chi connectivity index (χ1) is 28.1. The van der Waals surface area contributed by atoms with E-state index in [2.05, 4.69) is 83.6 Å². The van der Waals surface area contributed by atoms with Crippen molar-refractivity contribution in [3.63, 3.8) is 0 Å². The van der Waals surface area contributed by atoms with Crippen LogP contribution < -0.4 is 10.6 Å². The number of nitrogens with zero attached hydrogens (tertiary/aromatic N) is 4. The van der Waals surface area contributed by atoms with Crippen LogP contribution in [-0.4, -0.2) is 113 Å². The molecule has 1 saturated carbocycles. The summed E-state index contributed by atoms with van der Waals surface area (Å²) in [6.07, 6.45) is 5.71. The van der Waals surface area contributed by atoms with Crippen LogP contribution in [0.15, 0.2) is 73.1 Å². The fourth-order valence-electron chi connectivity index (χ4n) is 8.54. The van der Waals surface area contributed by atoms with Gasteiger partial charge in [0.2, 0.25) is 11.8 Å². The minimum Gasteiger partial charge on any atom is -0.453 e. The molecule has 1 aliphatic carbocycles. The summed E-state index contributed by atoms with van der Waals surface area (Å²) in [6, 6.07) is 20.3. The number of H-pyrrole nitrogens is 2. The average molecular weight is 789 g/mol. The molecule has 3 aliphatic heterocycles. The molecule has 9 rings (SSSR count). The Hall–Kier alpha value is -6.26. The van der Waals surface area contributed by atoms with Gasteiger partial charge in [-0.05, 0) is 64.3 Å². The molecule has 3 saturated heterocycles. The predicted octanol–water partition coefficient (Wildman–Crippen LogP) is 5.07. The maximum atomic E-state index is 13.2. The quantitative estimate of drug-likeness (QED) is 0.157. The van der Waals surface area contributed by atoms with E-state index in [9.17, 15) is 19.2 Å². The molecule has 16 nitrogen and oxygen atoms in total. The summed E-state index contributed by atoms with van der Waals surface area (Å²) in [5.41, 5.74) is 5.88. The molecule has 0 bridgehead atoms. The van der Waals surface area contributed by atoms with Crippen molar-refractivity contribution in [3.05, 3.63) is 84.7 Å². The average Bonchev–Trinajstić information content (AvgIpc) is 3.89. The van der Waals surface area contributed by atoms with Gasteiger partial charge < -0.3 is 49.3 Å². The molecule has 300 valence electrons. The van der Waals surface area contributed by atoms with E-state index in [1.165, 1.54) is 14.2 Å². The zero-order valence-corrected chi connectivity index (χ0v) is 32.2. The number of likely N-dealkylation sites (tertiary alicyclic amines) is 2. The van der Waals surface area contributed by atoms with Crippen LogP contribution in [-0.2, 0) is 28.5 Å². The fraction of sp³-hybridized carbons (Fsp3) is 0.381. The molecule has 4 fully saturated rings. The molecule has 0 radical (unpaired) electrons. The van der Waals surface area contributed by atoms with Gasteiger partial charge in [0.25, 0.3) is 0 Å². The van der Waals surface area contributed by atoms with Crippen LogP contribution in [0.1, 0.15) is 49.4 Å². The van der Waals surface area contributed by atoms with E-state index in [-0.39, 0.29) is 42.9 Å². The Morgan fingerprint density at radius 1 is 0.690 bits per heavy atom. The highest BCUT2D eigenvalue weighted by atomic mass is 16.7. The monoisotopic (exact) mass is 788 g/mol. The van der Waals surface area contributed by atoms with Crippen LogP contribution in [0.25, 0.3) is 44.4 Å². The molecule has 4 amide bonds. The number of methoxy groups -OCH3 is 2. The second kappa shape index (κ2) is 14.9. The Labute approximate surface area is 333 Å². The molecule has 3 aromatic carbocycles. The molecule has 16 heteroatoms. The van der Waals surface area contributed by atoms with Gasteiger partial charge in [0.1, 0.15) is 24.7 Å². The van der Waals surface area contributed by atoms with Gasteiger partial charge in [-0.3, -0.25) is 9.59 Å². The number of aromatic nitrogens is 4. The number of carbonyl (C=O) groups is 4. The lowest BCUT2D eigenvalue weighted by atomic mass is 9.98. The fourth-order valence-corrected chi connectivity index (χ4v) is 8.54. The summed E-state index contributed by atoms with van der Waals surface area (Å²) in [5, 5.41) is 7.15. The van der Waals surface area contributed by atoms with Crippen molar-refractivity contribution in [1.82, 2.24) is 40.4 Å². The SMILES string of the molecule is COC(=O)NCC(=O)N1CC2(CC2)CC1c1ncc(-c2ccc3cc(-c4ccc(-c5cnc(C6CC7(CN6C(=O)CNC(=O)OC)OCCO7)[nH]5)cc4)ccc3c2)[nH]1. The van der Waals surface area contributed by atoms with Crippen LogP contribution in [0.4, 0.5) is 9.59 Å². The maximum absolute atomic E-state index is 13.2. The molecule has 4 aliphatic rings. The standard InChI is InChI=1S/C42H44N8O8/c1-55-39(53)45-21-35(51)49-23-41(11-12-41)17-33(49)37-44-20-32(48-37)30-10-9-28-15-27(7-8-29(28)16-30)25-3-5-26(6-4-25)31-19-43-38(47-31)34-18-42(57-13-14-58-42)24-50(34)36(52)22-46-40(54)56-2/h3-10,15-16,19-20,33-34H,11-14,17-18,21-24H2,1-2H3,(H,43,47)(H,44,48)(H,45,53)(H,46,54). The molecule has 58 heavy (non-hydrogen) atoms. The summed E-state index contributed by atoms with van der Waals surface area (Å²) in [7, 11) is 2.52. The van der Waals surface area contributed by atoms with Crippen LogP contribution in [0.3, 0.4) is 0 Å². The Bertz CT molecular complexity index is 2380. The van der Waals surface area contributed by atoms with E-state index >= 15 is 0 Å². The number of fused-ring (bicyclic) bond motifs is 1. The van der Waals surface area contributed by atoms with Gasteiger partial charge in [0, 0.05) is 18.5 Å². The minimum atomic E-state index is -0.905. The molecule has 5 heterocycles. The van der Waals surface area contributed by atoms with Crippen molar-refractivity contribution in [3.8, 4) is 33.6 Å². The number of amides is 4. The summed E-state index contributed by atoms with van der Waals surface area (Å²) in [5.74, 6) is 0.00144. The zero-order chi connectivity index (χ0) is 40.0. The largest absolute Gasteiger partial charge is 0.453 e. The van der Waals surface area contributed by atoms with Gasteiger partial charge in [-0.1, -0.05) is 48.5 Å². The number of hydrogen-bond donors (Lipinski definition) is 4. The Morgan fingerprint density at radius 2 is 1.19 bits per heavy atom. The van der Waals surface area contributed by atoms with Crippen molar-refractivity contribution in [2.75, 3.05) is 53.6 Å². The second-order valence-electron chi connectivity index (χ2n) is 15.5. The lowest BCUT2D eigenvalue weighted by molar-refractivity contribution is -0.152. The first-order valence-electron chi connectivity index (χ1n) is 19.4. The number of nitrogens with one attached hydrogen (secondary N) is 4. The van der Waals surface area contributed by atoms with Crippen molar-refractivity contribution in [2.24, 2.45) is 5.41 Å². The number of ether oxygens (including phenoxy) is 4. The molecular weight excluding hydrogens is 745 g/mol. The van der Waals surface area contributed by atoms with Crippen LogP contribution in [0, 0.1) is 5.41 Å². The second-order valence-corrected chi connectivity index (χ2v) is 15.5. The molecule has 2 atom stereocenters. The summed E-state index contributed by atoms with van der Waals surface area (Å²) in [6.45, 7) is 1.44. The van der Waals surface area contributed by atoms with Gasteiger partial charge in [0.15, 0.2) is 5.79 Å². The topological polar surface area (TPSA) is 193 Å². The number of imidazole rings is 2. The van der Waals surface area contributed by atoms with Gasteiger partial charge in [-0.25, -0.2) is 19.6 Å². The van der Waals surface area contributed by atoms with E-state index in [0.29, 0.717) is 32.0 Å². The van der Waals surface area contributed by atoms with Gasteiger partial charge >= 0.3 is 12.2 Å². The van der Waals surface area contributed by atoms with E-state index in [1.54, 1.807) is 11.1 Å². The smallest absolute Gasteiger partial charge is 0.407 e. The number of benzene rings is 3. The van der Waals surface area contributed by atoms with Crippen molar-refractivity contribution in [1.29, 1.82) is 0 Å². The van der Waals surface area contributed by atoms with Crippen LogP contribution >= 0.6 is 0 Å². The van der Waals surface area contributed by atoms with E-state index in [0.717, 1.165) is 69.5 Å². The van der Waals surface area contributed by atoms with Crippen LogP contribution in [0.2, 0.25) is 0 Å².